The van der Waals surface area contributed by atoms with Crippen molar-refractivity contribution in [2.75, 3.05) is 33.2 Å². The number of rotatable bonds is 24. The third-order valence-corrected chi connectivity index (χ3v) is 29.2. The fraction of sp³-hybridized carbons (Fsp3) is 1.00. The van der Waals surface area contributed by atoms with Crippen LogP contribution in [0, 0.1) is 0 Å². The molecule has 0 saturated carbocycles. The van der Waals surface area contributed by atoms with Crippen molar-refractivity contribution in [3.63, 3.8) is 0 Å². The molecule has 0 aliphatic heterocycles. The number of aliphatic hydroxyl groups excluding tert-OH is 2. The first-order valence-corrected chi connectivity index (χ1v) is 32.9. The maximum atomic E-state index is 9.16. The van der Waals surface area contributed by atoms with Gasteiger partial charge in [0.05, 0.1) is 0 Å². The van der Waals surface area contributed by atoms with Gasteiger partial charge in [-0.05, 0) is 128 Å². The molecule has 8 nitrogen and oxygen atoms in total. The van der Waals surface area contributed by atoms with Gasteiger partial charge in [-0.15, -0.1) is 0 Å². The van der Waals surface area contributed by atoms with Gasteiger partial charge in [-0.1, -0.05) is 0 Å². The van der Waals surface area contributed by atoms with E-state index in [4.69, 9.17) is 36.1 Å². The molecule has 0 atom stereocenters. The van der Waals surface area contributed by atoms with Crippen LogP contribution in [0.2, 0.25) is 103 Å². The smallest absolute Gasteiger partial charge is 0.311 e. The Balaban J connectivity index is 4.20. The van der Waals surface area contributed by atoms with Gasteiger partial charge in [0.1, 0.15) is 6.79 Å². The normalized spacial score (nSPS) is 14.3. The zero-order valence-electron chi connectivity index (χ0n) is 27.5. The highest BCUT2D eigenvalue weighted by molar-refractivity contribution is 6.88. The van der Waals surface area contributed by atoms with Crippen molar-refractivity contribution in [1.29, 1.82) is 0 Å². The Labute approximate surface area is 247 Å². The van der Waals surface area contributed by atoms with E-state index >= 15 is 0 Å². The Morgan fingerprint density at radius 3 is 0.923 bits per heavy atom. The Kier molecular flexibility index (Phi) is 18.4. The highest BCUT2D eigenvalue weighted by Gasteiger charge is 2.40. The minimum Gasteiger partial charge on any atom is -0.437 e. The summed E-state index contributed by atoms with van der Waals surface area (Å²) in [6, 6.07) is 3.99. The average Bonchev–Trinajstić information content (AvgIpc) is 2.71. The number of hydrogen-bond acceptors (Lipinski definition) is 8. The summed E-state index contributed by atoms with van der Waals surface area (Å²) in [6.45, 7) is 28.7. The van der Waals surface area contributed by atoms with E-state index in [0.717, 1.165) is 49.9 Å². The van der Waals surface area contributed by atoms with Crippen molar-refractivity contribution >= 4 is 50.4 Å². The van der Waals surface area contributed by atoms with Crippen molar-refractivity contribution in [3.05, 3.63) is 0 Å². The van der Waals surface area contributed by atoms with Crippen LogP contribution in [0.3, 0.4) is 0 Å². The van der Waals surface area contributed by atoms with Crippen LogP contribution in [0.25, 0.3) is 0 Å². The van der Waals surface area contributed by atoms with Gasteiger partial charge in [0.15, 0.2) is 33.3 Å². The third-order valence-electron chi connectivity index (χ3n) is 6.26. The Morgan fingerprint density at radius 2 is 0.667 bits per heavy atom. The molecule has 0 rings (SSSR count). The van der Waals surface area contributed by atoms with Crippen molar-refractivity contribution in [3.8, 4) is 0 Å². The molecule has 0 saturated heterocycles. The first-order valence-electron chi connectivity index (χ1n) is 14.8. The summed E-state index contributed by atoms with van der Waals surface area (Å²) < 4.78 is 37.8. The van der Waals surface area contributed by atoms with Gasteiger partial charge in [-0.3, -0.25) is 0 Å². The van der Waals surface area contributed by atoms with Gasteiger partial charge < -0.3 is 36.1 Å². The van der Waals surface area contributed by atoms with E-state index in [0.29, 0.717) is 20.0 Å². The van der Waals surface area contributed by atoms with Crippen molar-refractivity contribution in [1.82, 2.24) is 0 Å². The third kappa shape index (κ3) is 22.2. The molecule has 0 heterocycles. The molecule has 39 heavy (non-hydrogen) atoms. The lowest BCUT2D eigenvalue weighted by molar-refractivity contribution is -0.0534. The lowest BCUT2D eigenvalue weighted by Crippen LogP contribution is -2.52. The maximum absolute atomic E-state index is 9.16. The van der Waals surface area contributed by atoms with Gasteiger partial charge in [0.2, 0.25) is 0 Å². The monoisotopic (exact) mass is 660 g/mol. The molecule has 0 bridgehead atoms. The van der Waals surface area contributed by atoms with Crippen LogP contribution in [0.4, 0.5) is 0 Å². The molecule has 0 unspecified atom stereocenters. The summed E-state index contributed by atoms with van der Waals surface area (Å²) in [6.07, 6.45) is 3.53. The molecule has 0 aliphatic rings. The van der Waals surface area contributed by atoms with Crippen LogP contribution in [0.15, 0.2) is 0 Å². The van der Waals surface area contributed by atoms with Gasteiger partial charge in [-0.25, -0.2) is 0 Å². The van der Waals surface area contributed by atoms with E-state index in [1.807, 2.05) is 0 Å². The zero-order chi connectivity index (χ0) is 30.4. The van der Waals surface area contributed by atoms with Crippen molar-refractivity contribution in [2.24, 2.45) is 0 Å². The predicted octanol–water partition coefficient (Wildman–Crippen LogP) is 6.81. The molecule has 14 heteroatoms. The minimum atomic E-state index is -2.21. The Hall–Kier alpha value is 0.981. The number of ether oxygens (including phenoxy) is 2. The SMILES string of the molecule is C[Si](C)(CCCO)O[Si](C)(C)O[Si](C)(C)CCCOCOCCC[Si](C)(C)O[Si](C)(C)O[Si](C)(C)CCCO. The molecule has 0 aliphatic carbocycles. The number of hydrogen-bond donors (Lipinski definition) is 2. The van der Waals surface area contributed by atoms with E-state index in [1.54, 1.807) is 0 Å². The largest absolute Gasteiger partial charge is 0.437 e. The lowest BCUT2D eigenvalue weighted by atomic mass is 10.5. The van der Waals surface area contributed by atoms with E-state index in [9.17, 15) is 0 Å². The molecular weight excluding hydrogens is 597 g/mol. The van der Waals surface area contributed by atoms with Crippen molar-refractivity contribution < 1.29 is 36.1 Å². The maximum Gasteiger partial charge on any atom is 0.311 e. The summed E-state index contributed by atoms with van der Waals surface area (Å²) in [5, 5.41) is 18.3. The highest BCUT2D eigenvalue weighted by atomic mass is 28.5. The second-order valence-corrected chi connectivity index (χ2v) is 39.0. The van der Waals surface area contributed by atoms with E-state index in [2.05, 4.69) is 78.6 Å². The summed E-state index contributed by atoms with van der Waals surface area (Å²) in [4.78, 5) is 0. The second-order valence-electron chi connectivity index (χ2n) is 14.0. The summed E-state index contributed by atoms with van der Waals surface area (Å²) in [7, 11) is -11.7. The first kappa shape index (κ1) is 40.0. The minimum absolute atomic E-state index is 0.225. The molecule has 0 fully saturated rings. The summed E-state index contributed by atoms with van der Waals surface area (Å²) >= 11 is 0. The lowest BCUT2D eigenvalue weighted by Gasteiger charge is -2.38. The van der Waals surface area contributed by atoms with Crippen LogP contribution >= 0.6 is 0 Å². The zero-order valence-corrected chi connectivity index (χ0v) is 33.5. The predicted molar refractivity (Wildman–Crippen MR) is 178 cm³/mol. The van der Waals surface area contributed by atoms with E-state index in [-0.39, 0.29) is 13.2 Å². The molecular formula is C25H64O8Si6. The molecule has 236 valence electrons. The standard InChI is InChI=1S/C25H64O8Si6/c1-34(2,21-13-17-26)30-38(9,10)32-36(5,6)23-15-19-28-25-29-20-16-24-37(7,8)33-39(11,12)31-35(3,4)22-14-18-27/h26-27H,13-25H2,1-12H3. The summed E-state index contributed by atoms with van der Waals surface area (Å²) in [5.41, 5.74) is 0. The fourth-order valence-corrected chi connectivity index (χ4v) is 33.3. The highest BCUT2D eigenvalue weighted by Crippen LogP contribution is 2.27. The molecule has 2 N–H and O–H groups in total. The molecule has 0 amide bonds. The molecule has 0 radical (unpaired) electrons. The number of aliphatic hydroxyl groups is 2. The van der Waals surface area contributed by atoms with E-state index < -0.39 is 50.4 Å². The van der Waals surface area contributed by atoms with Gasteiger partial charge in [-0.2, -0.15) is 0 Å². The quantitative estimate of drug-likeness (QED) is 0.0662. The Morgan fingerprint density at radius 1 is 0.410 bits per heavy atom. The van der Waals surface area contributed by atoms with Crippen molar-refractivity contribution in [2.45, 2.75) is 128 Å². The van der Waals surface area contributed by atoms with Gasteiger partial charge in [0, 0.05) is 26.4 Å². The molecule has 0 aromatic rings. The fourth-order valence-electron chi connectivity index (χ4n) is 5.29. The topological polar surface area (TPSA) is 95.8 Å². The molecule has 0 aromatic heterocycles. The Bertz CT molecular complexity index is 608. The molecule has 0 spiro atoms. The van der Waals surface area contributed by atoms with Crippen LogP contribution in [-0.2, 0) is 25.9 Å². The van der Waals surface area contributed by atoms with Crippen LogP contribution in [0.5, 0.6) is 0 Å². The second kappa shape index (κ2) is 17.9. The van der Waals surface area contributed by atoms with Gasteiger partial charge in [0.25, 0.3) is 0 Å². The average molecular weight is 661 g/mol. The van der Waals surface area contributed by atoms with Crippen LogP contribution in [0.1, 0.15) is 25.7 Å². The molecule has 0 aromatic carbocycles. The summed E-state index contributed by atoms with van der Waals surface area (Å²) in [5.74, 6) is 0. The van der Waals surface area contributed by atoms with Gasteiger partial charge >= 0.3 is 17.1 Å². The van der Waals surface area contributed by atoms with E-state index in [1.165, 1.54) is 0 Å². The van der Waals surface area contributed by atoms with Crippen LogP contribution in [-0.4, -0.2) is 93.8 Å². The first-order chi connectivity index (χ1) is 17.7. The van der Waals surface area contributed by atoms with Crippen LogP contribution < -0.4 is 0 Å².